The van der Waals surface area contributed by atoms with Gasteiger partial charge in [-0.2, -0.15) is 10.5 Å². The van der Waals surface area contributed by atoms with Gasteiger partial charge in [0.1, 0.15) is 22.8 Å². The maximum Gasteiger partial charge on any atom is 0.116 e. The predicted molar refractivity (Wildman–Crippen MR) is 84.4 cm³/mol. The molecule has 0 aliphatic carbocycles. The van der Waals surface area contributed by atoms with Crippen LogP contribution in [0, 0.1) is 26.2 Å². The highest BCUT2D eigenvalue weighted by molar-refractivity contribution is 14.1. The summed E-state index contributed by atoms with van der Waals surface area (Å²) in [6.07, 6.45) is 0. The molecule has 0 saturated heterocycles. The van der Waals surface area contributed by atoms with E-state index in [-0.39, 0.29) is 11.4 Å². The number of nitrogens with one attached hydrogen (secondary N) is 1. The molecule has 6 heteroatoms. The number of hydrogen-bond donors (Lipinski definition) is 3. The van der Waals surface area contributed by atoms with Crippen LogP contribution in [0.25, 0.3) is 5.57 Å². The number of thiol groups is 1. The molecule has 1 unspecified atom stereocenters. The van der Waals surface area contributed by atoms with Gasteiger partial charge < -0.3 is 11.1 Å². The van der Waals surface area contributed by atoms with Crippen LogP contribution < -0.4 is 11.1 Å². The minimum Gasteiger partial charge on any atom is -0.384 e. The molecule has 0 spiro atoms. The van der Waals surface area contributed by atoms with Crippen molar-refractivity contribution in [3.05, 3.63) is 50.4 Å². The van der Waals surface area contributed by atoms with Gasteiger partial charge in [-0.05, 0) is 34.2 Å². The van der Waals surface area contributed by atoms with Crippen LogP contribution in [0.5, 0.6) is 0 Å². The number of hydrogen-bond acceptors (Lipinski definition) is 5. The minimum absolute atomic E-state index is 0.246. The number of nitrogens with two attached hydrogens (primary N) is 1. The number of nitrogens with zero attached hydrogens (tertiary/aromatic N) is 2. The lowest BCUT2D eigenvalue weighted by Crippen LogP contribution is -2.34. The van der Waals surface area contributed by atoms with Crippen LogP contribution in [-0.2, 0) is 0 Å². The summed E-state index contributed by atoms with van der Waals surface area (Å²) in [5.41, 5.74) is 7.89. The third kappa shape index (κ3) is 2.42. The fourth-order valence-corrected chi connectivity index (χ4v) is 2.86. The van der Waals surface area contributed by atoms with E-state index < -0.39 is 5.37 Å². The van der Waals surface area contributed by atoms with Crippen molar-refractivity contribution in [2.24, 2.45) is 5.73 Å². The Kier molecular flexibility index (Phi) is 4.03. The van der Waals surface area contributed by atoms with Crippen molar-refractivity contribution >= 4 is 40.8 Å². The Morgan fingerprint density at radius 3 is 2.53 bits per heavy atom. The third-order valence-electron chi connectivity index (χ3n) is 2.73. The fraction of sp³-hybridized carbons (Fsp3) is 0.0769. The lowest BCUT2D eigenvalue weighted by atomic mass is 9.91. The van der Waals surface area contributed by atoms with Gasteiger partial charge in [-0.3, -0.25) is 0 Å². The summed E-state index contributed by atoms with van der Waals surface area (Å²) in [5, 5.41) is 20.9. The molecular formula is C13H9IN4S. The third-order valence-corrected chi connectivity index (χ3v) is 4.06. The van der Waals surface area contributed by atoms with Crippen LogP contribution in [0.2, 0.25) is 0 Å². The average Bonchev–Trinajstić information content (AvgIpc) is 2.38. The van der Waals surface area contributed by atoms with Crippen molar-refractivity contribution in [3.63, 3.8) is 0 Å². The van der Waals surface area contributed by atoms with E-state index in [2.05, 4.69) is 52.7 Å². The molecule has 3 N–H and O–H groups in total. The van der Waals surface area contributed by atoms with Crippen LogP contribution in [0.1, 0.15) is 5.56 Å². The topological polar surface area (TPSA) is 85.6 Å². The normalized spacial score (nSPS) is 18.6. The van der Waals surface area contributed by atoms with Crippen LogP contribution in [0.3, 0.4) is 0 Å². The van der Waals surface area contributed by atoms with Gasteiger partial charge in [0, 0.05) is 9.14 Å². The Bertz CT molecular complexity index is 679. The molecule has 0 radical (unpaired) electrons. The standard InChI is InChI=1S/C13H9IN4S/c14-10-4-2-1-3-7(10)11-8(5-15)12(17)18-13(19)9(11)6-16/h1-4,13,18-19H,17H2. The zero-order chi connectivity index (χ0) is 14.0. The maximum absolute atomic E-state index is 9.31. The number of rotatable bonds is 1. The second-order valence-electron chi connectivity index (χ2n) is 3.83. The van der Waals surface area contributed by atoms with Crippen LogP contribution >= 0.6 is 35.2 Å². The molecule has 0 bridgehead atoms. The SMILES string of the molecule is N#CC1=C(N)NC(S)C(C#N)=C1c1ccccc1I. The average molecular weight is 380 g/mol. The monoisotopic (exact) mass is 380 g/mol. The van der Waals surface area contributed by atoms with Crippen LogP contribution in [0.15, 0.2) is 41.2 Å². The van der Waals surface area contributed by atoms with E-state index in [0.717, 1.165) is 9.13 Å². The molecule has 2 rings (SSSR count). The van der Waals surface area contributed by atoms with Crippen molar-refractivity contribution in [2.75, 3.05) is 0 Å². The van der Waals surface area contributed by atoms with Gasteiger partial charge in [0.2, 0.25) is 0 Å². The maximum atomic E-state index is 9.31. The predicted octanol–water partition coefficient (Wildman–Crippen LogP) is 2.12. The molecular weight excluding hydrogens is 371 g/mol. The zero-order valence-electron chi connectivity index (χ0n) is 9.68. The second kappa shape index (κ2) is 5.55. The molecule has 4 nitrogen and oxygen atoms in total. The lowest BCUT2D eigenvalue weighted by Gasteiger charge is -2.24. The van der Waals surface area contributed by atoms with Crippen molar-refractivity contribution < 1.29 is 0 Å². The highest BCUT2D eigenvalue weighted by atomic mass is 127. The van der Waals surface area contributed by atoms with Crippen LogP contribution in [-0.4, -0.2) is 5.37 Å². The highest BCUT2D eigenvalue weighted by Crippen LogP contribution is 2.35. The van der Waals surface area contributed by atoms with Gasteiger partial charge in [-0.15, -0.1) is 12.6 Å². The fourth-order valence-electron chi connectivity index (χ4n) is 1.87. The summed E-state index contributed by atoms with van der Waals surface area (Å²) in [6, 6.07) is 11.7. The van der Waals surface area contributed by atoms with Crippen molar-refractivity contribution in [1.82, 2.24) is 5.32 Å². The first kappa shape index (κ1) is 13.8. The lowest BCUT2D eigenvalue weighted by molar-refractivity contribution is 0.809. The Labute approximate surface area is 130 Å². The zero-order valence-corrected chi connectivity index (χ0v) is 12.7. The number of halogens is 1. The number of dihydropyridines is 1. The van der Waals surface area contributed by atoms with Gasteiger partial charge >= 0.3 is 0 Å². The molecule has 1 atom stereocenters. The smallest absolute Gasteiger partial charge is 0.116 e. The number of benzene rings is 1. The van der Waals surface area contributed by atoms with Crippen molar-refractivity contribution in [2.45, 2.75) is 5.37 Å². The molecule has 1 heterocycles. The molecule has 94 valence electrons. The molecule has 0 aromatic heterocycles. The van der Waals surface area contributed by atoms with E-state index in [1.807, 2.05) is 24.3 Å². The van der Waals surface area contributed by atoms with E-state index in [4.69, 9.17) is 5.73 Å². The van der Waals surface area contributed by atoms with E-state index in [0.29, 0.717) is 11.1 Å². The minimum atomic E-state index is -0.506. The molecule has 1 aliphatic rings. The quantitative estimate of drug-likeness (QED) is 0.515. The number of nitriles is 2. The molecule has 0 saturated carbocycles. The van der Waals surface area contributed by atoms with Gasteiger partial charge in [-0.1, -0.05) is 18.2 Å². The Morgan fingerprint density at radius 2 is 1.95 bits per heavy atom. The van der Waals surface area contributed by atoms with E-state index >= 15 is 0 Å². The summed E-state index contributed by atoms with van der Waals surface area (Å²) in [7, 11) is 0. The van der Waals surface area contributed by atoms with E-state index in [1.54, 1.807) is 0 Å². The summed E-state index contributed by atoms with van der Waals surface area (Å²) in [4.78, 5) is 0. The number of allylic oxidation sites excluding steroid dienone is 2. The van der Waals surface area contributed by atoms with Gasteiger partial charge in [0.05, 0.1) is 11.6 Å². The summed E-state index contributed by atoms with van der Waals surface area (Å²) in [5.74, 6) is 0.246. The first-order valence-electron chi connectivity index (χ1n) is 5.34. The van der Waals surface area contributed by atoms with Crippen molar-refractivity contribution in [1.29, 1.82) is 10.5 Å². The van der Waals surface area contributed by atoms with E-state index in [1.165, 1.54) is 0 Å². The van der Waals surface area contributed by atoms with E-state index in [9.17, 15) is 10.5 Å². The van der Waals surface area contributed by atoms with Gasteiger partial charge in [0.25, 0.3) is 0 Å². The summed E-state index contributed by atoms with van der Waals surface area (Å²) < 4.78 is 0.950. The second-order valence-corrected chi connectivity index (χ2v) is 5.51. The Balaban J connectivity index is 2.79. The Morgan fingerprint density at radius 1 is 1.26 bits per heavy atom. The van der Waals surface area contributed by atoms with Crippen molar-refractivity contribution in [3.8, 4) is 12.1 Å². The van der Waals surface area contributed by atoms with Crippen LogP contribution in [0.4, 0.5) is 0 Å². The Hall–Kier alpha value is -1.64. The molecule has 1 aromatic carbocycles. The van der Waals surface area contributed by atoms with Gasteiger partial charge in [-0.25, -0.2) is 0 Å². The summed E-state index contributed by atoms with van der Waals surface area (Å²) in [6.45, 7) is 0. The molecule has 1 aromatic rings. The summed E-state index contributed by atoms with van der Waals surface area (Å²) >= 11 is 6.47. The molecule has 0 fully saturated rings. The van der Waals surface area contributed by atoms with Gasteiger partial charge in [0.15, 0.2) is 0 Å². The molecule has 0 amide bonds. The highest BCUT2D eigenvalue weighted by Gasteiger charge is 2.27. The first-order chi connectivity index (χ1) is 9.10. The largest absolute Gasteiger partial charge is 0.384 e. The first-order valence-corrected chi connectivity index (χ1v) is 6.93. The molecule has 1 aliphatic heterocycles. The molecule has 19 heavy (non-hydrogen) atoms.